The maximum absolute atomic E-state index is 12.3. The monoisotopic (exact) mass is 391 g/mol. The molecular weight excluding hydrogens is 374 g/mol. The molecule has 0 radical (unpaired) electrons. The van der Waals surface area contributed by atoms with Crippen molar-refractivity contribution in [2.45, 2.75) is 13.3 Å². The van der Waals surface area contributed by atoms with E-state index < -0.39 is 0 Å². The van der Waals surface area contributed by atoms with Crippen LogP contribution < -0.4 is 19.5 Å². The molecule has 0 bridgehead atoms. The summed E-state index contributed by atoms with van der Waals surface area (Å²) in [5.41, 5.74) is 1.58. The zero-order valence-electron chi connectivity index (χ0n) is 13.3. The normalized spacial score (nSPS) is 12.6. The lowest BCUT2D eigenvalue weighted by Gasteiger charge is -2.20. The molecule has 1 aliphatic heterocycles. The highest BCUT2D eigenvalue weighted by Crippen LogP contribution is 2.38. The van der Waals surface area contributed by atoms with Crippen LogP contribution in [0.3, 0.4) is 0 Å². The lowest BCUT2D eigenvalue weighted by molar-refractivity contribution is -0.115. The van der Waals surface area contributed by atoms with Crippen molar-refractivity contribution in [2.24, 2.45) is 0 Å². The average Bonchev–Trinajstić information content (AvgIpc) is 2.57. The third kappa shape index (κ3) is 4.00. The standard InChI is InChI=1S/C18H18BrNO4/c1-2-22-13-5-3-12(4-6-13)9-18(21)20-15-11-17-16(10-14(15)19)23-7-8-24-17/h3-6,10-11H,2,7-9H2,1H3,(H,20,21). The molecular formula is C18H18BrNO4. The van der Waals surface area contributed by atoms with Gasteiger partial charge in [0, 0.05) is 16.6 Å². The largest absolute Gasteiger partial charge is 0.494 e. The molecule has 2 aromatic carbocycles. The van der Waals surface area contributed by atoms with Crippen molar-refractivity contribution in [1.29, 1.82) is 0 Å². The fourth-order valence-corrected chi connectivity index (χ4v) is 2.83. The minimum absolute atomic E-state index is 0.100. The van der Waals surface area contributed by atoms with Crippen LogP contribution in [0.4, 0.5) is 5.69 Å². The molecule has 1 N–H and O–H groups in total. The maximum atomic E-state index is 12.3. The van der Waals surface area contributed by atoms with E-state index in [0.717, 1.165) is 15.8 Å². The highest BCUT2D eigenvalue weighted by atomic mass is 79.9. The van der Waals surface area contributed by atoms with Crippen molar-refractivity contribution in [2.75, 3.05) is 25.1 Å². The first-order valence-corrected chi connectivity index (χ1v) is 8.55. The van der Waals surface area contributed by atoms with Crippen molar-refractivity contribution in [1.82, 2.24) is 0 Å². The van der Waals surface area contributed by atoms with Gasteiger partial charge in [0.15, 0.2) is 11.5 Å². The highest BCUT2D eigenvalue weighted by molar-refractivity contribution is 9.10. The summed E-state index contributed by atoms with van der Waals surface area (Å²) in [6.07, 6.45) is 0.285. The Morgan fingerprint density at radius 3 is 2.50 bits per heavy atom. The van der Waals surface area contributed by atoms with E-state index in [9.17, 15) is 4.79 Å². The Morgan fingerprint density at radius 2 is 1.83 bits per heavy atom. The van der Waals surface area contributed by atoms with Crippen LogP contribution in [-0.4, -0.2) is 25.7 Å². The number of hydrogen-bond acceptors (Lipinski definition) is 4. The van der Waals surface area contributed by atoms with Crippen LogP contribution in [0, 0.1) is 0 Å². The van der Waals surface area contributed by atoms with Gasteiger partial charge in [0.1, 0.15) is 19.0 Å². The molecule has 5 nitrogen and oxygen atoms in total. The van der Waals surface area contributed by atoms with E-state index in [1.54, 1.807) is 12.1 Å². The summed E-state index contributed by atoms with van der Waals surface area (Å²) in [4.78, 5) is 12.3. The predicted molar refractivity (Wildman–Crippen MR) is 95.1 cm³/mol. The quantitative estimate of drug-likeness (QED) is 0.841. The summed E-state index contributed by atoms with van der Waals surface area (Å²) in [6, 6.07) is 11.1. The molecule has 0 aromatic heterocycles. The topological polar surface area (TPSA) is 56.8 Å². The molecule has 24 heavy (non-hydrogen) atoms. The molecule has 126 valence electrons. The van der Waals surface area contributed by atoms with Gasteiger partial charge in [-0.05, 0) is 40.5 Å². The lowest BCUT2D eigenvalue weighted by Crippen LogP contribution is -2.17. The van der Waals surface area contributed by atoms with Crippen LogP contribution >= 0.6 is 15.9 Å². The van der Waals surface area contributed by atoms with E-state index in [0.29, 0.717) is 37.0 Å². The van der Waals surface area contributed by atoms with Crippen molar-refractivity contribution in [3.05, 3.63) is 46.4 Å². The molecule has 0 fully saturated rings. The first-order valence-electron chi connectivity index (χ1n) is 7.76. The van der Waals surface area contributed by atoms with Crippen LogP contribution in [0.1, 0.15) is 12.5 Å². The summed E-state index contributed by atoms with van der Waals surface area (Å²) in [5, 5.41) is 2.90. The summed E-state index contributed by atoms with van der Waals surface area (Å²) < 4.78 is 17.2. The second-order valence-electron chi connectivity index (χ2n) is 5.28. The number of nitrogens with one attached hydrogen (secondary N) is 1. The van der Waals surface area contributed by atoms with Gasteiger partial charge in [0.05, 0.1) is 18.7 Å². The van der Waals surface area contributed by atoms with Crippen molar-refractivity contribution < 1.29 is 19.0 Å². The van der Waals surface area contributed by atoms with Gasteiger partial charge in [-0.1, -0.05) is 12.1 Å². The van der Waals surface area contributed by atoms with Crippen LogP contribution in [0.25, 0.3) is 0 Å². The van der Waals surface area contributed by atoms with Gasteiger partial charge in [-0.15, -0.1) is 0 Å². The third-order valence-corrected chi connectivity index (χ3v) is 4.16. The van der Waals surface area contributed by atoms with Crippen molar-refractivity contribution in [3.63, 3.8) is 0 Å². The fourth-order valence-electron chi connectivity index (χ4n) is 2.41. The predicted octanol–water partition coefficient (Wildman–Crippen LogP) is 3.80. The van der Waals surface area contributed by atoms with Gasteiger partial charge in [-0.25, -0.2) is 0 Å². The summed E-state index contributed by atoms with van der Waals surface area (Å²) in [7, 11) is 0. The third-order valence-electron chi connectivity index (χ3n) is 3.50. The van der Waals surface area contributed by atoms with Crippen LogP contribution in [0.5, 0.6) is 17.2 Å². The van der Waals surface area contributed by atoms with Crippen LogP contribution in [-0.2, 0) is 11.2 Å². The Kier molecular flexibility index (Phi) is 5.25. The number of carbonyl (C=O) groups excluding carboxylic acids is 1. The Labute approximate surface area is 149 Å². The second kappa shape index (κ2) is 7.57. The number of hydrogen-bond donors (Lipinski definition) is 1. The van der Waals surface area contributed by atoms with Crippen LogP contribution in [0.15, 0.2) is 40.9 Å². The van der Waals surface area contributed by atoms with Gasteiger partial charge < -0.3 is 19.5 Å². The Balaban J connectivity index is 1.66. The smallest absolute Gasteiger partial charge is 0.228 e. The maximum Gasteiger partial charge on any atom is 0.228 e. The molecule has 0 spiro atoms. The molecule has 3 rings (SSSR count). The minimum atomic E-state index is -0.100. The van der Waals surface area contributed by atoms with Gasteiger partial charge in [0.25, 0.3) is 0 Å². The van der Waals surface area contributed by atoms with Crippen molar-refractivity contribution in [3.8, 4) is 17.2 Å². The van der Waals surface area contributed by atoms with Gasteiger partial charge in [0.2, 0.25) is 5.91 Å². The molecule has 2 aromatic rings. The Bertz CT molecular complexity index is 731. The number of amides is 1. The number of anilines is 1. The van der Waals surface area contributed by atoms with Gasteiger partial charge in [-0.2, -0.15) is 0 Å². The number of halogens is 1. The van der Waals surface area contributed by atoms with E-state index in [1.165, 1.54) is 0 Å². The lowest BCUT2D eigenvalue weighted by atomic mass is 10.1. The second-order valence-corrected chi connectivity index (χ2v) is 6.13. The molecule has 0 aliphatic carbocycles. The molecule has 6 heteroatoms. The average molecular weight is 392 g/mol. The van der Waals surface area contributed by atoms with E-state index in [2.05, 4.69) is 21.2 Å². The van der Waals surface area contributed by atoms with E-state index in [1.807, 2.05) is 31.2 Å². The van der Waals surface area contributed by atoms with Gasteiger partial charge >= 0.3 is 0 Å². The molecule has 1 heterocycles. The Morgan fingerprint density at radius 1 is 1.17 bits per heavy atom. The summed E-state index contributed by atoms with van der Waals surface area (Å²) in [6.45, 7) is 3.60. The first kappa shape index (κ1) is 16.6. The first-order chi connectivity index (χ1) is 11.7. The van der Waals surface area contributed by atoms with Crippen molar-refractivity contribution >= 4 is 27.5 Å². The molecule has 1 aliphatic rings. The Hall–Kier alpha value is -2.21. The number of carbonyl (C=O) groups is 1. The number of rotatable bonds is 5. The molecule has 0 saturated carbocycles. The zero-order chi connectivity index (χ0) is 16.9. The summed E-state index contributed by atoms with van der Waals surface area (Å²) in [5.74, 6) is 2.02. The highest BCUT2D eigenvalue weighted by Gasteiger charge is 2.16. The molecule has 0 saturated heterocycles. The van der Waals surface area contributed by atoms with Gasteiger partial charge in [-0.3, -0.25) is 4.79 Å². The number of fused-ring (bicyclic) bond motifs is 1. The fraction of sp³-hybridized carbons (Fsp3) is 0.278. The van der Waals surface area contributed by atoms with E-state index >= 15 is 0 Å². The minimum Gasteiger partial charge on any atom is -0.494 e. The van der Waals surface area contributed by atoms with E-state index in [4.69, 9.17) is 14.2 Å². The molecule has 0 atom stereocenters. The molecule has 0 unspecified atom stereocenters. The SMILES string of the molecule is CCOc1ccc(CC(=O)Nc2cc3c(cc2Br)OCCO3)cc1. The number of ether oxygens (including phenoxy) is 3. The van der Waals surface area contributed by atoms with Crippen LogP contribution in [0.2, 0.25) is 0 Å². The molecule has 1 amide bonds. The number of benzene rings is 2. The summed E-state index contributed by atoms with van der Waals surface area (Å²) >= 11 is 3.45. The van der Waals surface area contributed by atoms with E-state index in [-0.39, 0.29) is 12.3 Å². The zero-order valence-corrected chi connectivity index (χ0v) is 14.9.